The van der Waals surface area contributed by atoms with Gasteiger partial charge in [0, 0.05) is 12.2 Å². The minimum absolute atomic E-state index is 0.0217. The second-order valence-electron chi connectivity index (χ2n) is 5.29. The SMILES string of the molecule is O=C1C=CC(=O)C(NC(=O)/C=C/C=C/C2CCCCC2)=C1. The van der Waals surface area contributed by atoms with Crippen LogP contribution in [0.3, 0.4) is 0 Å². The van der Waals surface area contributed by atoms with Crippen molar-refractivity contribution in [3.63, 3.8) is 0 Å². The van der Waals surface area contributed by atoms with Crippen molar-refractivity contribution < 1.29 is 14.4 Å². The van der Waals surface area contributed by atoms with Crippen LogP contribution < -0.4 is 5.32 Å². The number of hydrogen-bond acceptors (Lipinski definition) is 3. The van der Waals surface area contributed by atoms with Crippen LogP contribution >= 0.6 is 0 Å². The van der Waals surface area contributed by atoms with Crippen LogP contribution in [0.1, 0.15) is 32.1 Å². The Kier molecular flexibility index (Phi) is 5.43. The summed E-state index contributed by atoms with van der Waals surface area (Å²) in [5.41, 5.74) is 0.0217. The molecule has 0 atom stereocenters. The molecule has 0 radical (unpaired) electrons. The van der Waals surface area contributed by atoms with Crippen LogP contribution in [0.4, 0.5) is 0 Å². The van der Waals surface area contributed by atoms with E-state index in [1.807, 2.05) is 6.08 Å². The fourth-order valence-corrected chi connectivity index (χ4v) is 2.47. The zero-order chi connectivity index (χ0) is 15.1. The molecular formula is C17H19NO3. The van der Waals surface area contributed by atoms with Crippen molar-refractivity contribution in [2.75, 3.05) is 0 Å². The molecule has 110 valence electrons. The van der Waals surface area contributed by atoms with Gasteiger partial charge in [-0.15, -0.1) is 0 Å². The van der Waals surface area contributed by atoms with E-state index < -0.39 is 5.91 Å². The highest BCUT2D eigenvalue weighted by Crippen LogP contribution is 2.24. The van der Waals surface area contributed by atoms with Crippen molar-refractivity contribution in [1.29, 1.82) is 0 Å². The molecule has 4 heteroatoms. The average molecular weight is 285 g/mol. The predicted octanol–water partition coefficient (Wildman–Crippen LogP) is 2.39. The van der Waals surface area contributed by atoms with Gasteiger partial charge in [-0.25, -0.2) is 0 Å². The van der Waals surface area contributed by atoms with Crippen molar-refractivity contribution in [3.05, 3.63) is 48.2 Å². The fourth-order valence-electron chi connectivity index (χ4n) is 2.47. The van der Waals surface area contributed by atoms with Crippen LogP contribution in [0, 0.1) is 5.92 Å². The minimum Gasteiger partial charge on any atom is -0.319 e. The predicted molar refractivity (Wildman–Crippen MR) is 80.2 cm³/mol. The Morgan fingerprint density at radius 3 is 2.62 bits per heavy atom. The summed E-state index contributed by atoms with van der Waals surface area (Å²) < 4.78 is 0. The second-order valence-corrected chi connectivity index (χ2v) is 5.29. The quantitative estimate of drug-likeness (QED) is 0.490. The summed E-state index contributed by atoms with van der Waals surface area (Å²) >= 11 is 0. The van der Waals surface area contributed by atoms with Gasteiger partial charge in [-0.1, -0.05) is 37.5 Å². The van der Waals surface area contributed by atoms with Gasteiger partial charge in [-0.3, -0.25) is 14.4 Å². The fraction of sp³-hybridized carbons (Fsp3) is 0.353. The number of nitrogens with one attached hydrogen (secondary N) is 1. The summed E-state index contributed by atoms with van der Waals surface area (Å²) in [7, 11) is 0. The summed E-state index contributed by atoms with van der Waals surface area (Å²) in [4.78, 5) is 34.2. The van der Waals surface area contributed by atoms with E-state index in [9.17, 15) is 14.4 Å². The third-order valence-electron chi connectivity index (χ3n) is 3.60. The summed E-state index contributed by atoms with van der Waals surface area (Å²) in [5, 5.41) is 2.42. The van der Waals surface area contributed by atoms with Crippen molar-refractivity contribution in [2.24, 2.45) is 5.92 Å². The molecule has 1 saturated carbocycles. The van der Waals surface area contributed by atoms with Crippen molar-refractivity contribution in [3.8, 4) is 0 Å². The number of hydrogen-bond donors (Lipinski definition) is 1. The van der Waals surface area contributed by atoms with Gasteiger partial charge in [-0.2, -0.15) is 0 Å². The second kappa shape index (κ2) is 7.53. The zero-order valence-corrected chi connectivity index (χ0v) is 11.9. The molecule has 0 aromatic rings. The minimum atomic E-state index is -0.411. The summed E-state index contributed by atoms with van der Waals surface area (Å²) in [6, 6.07) is 0. The van der Waals surface area contributed by atoms with Crippen LogP contribution in [-0.4, -0.2) is 17.5 Å². The number of rotatable bonds is 4. The highest BCUT2D eigenvalue weighted by Gasteiger charge is 2.14. The van der Waals surface area contributed by atoms with Crippen molar-refractivity contribution >= 4 is 17.5 Å². The van der Waals surface area contributed by atoms with E-state index in [2.05, 4.69) is 11.4 Å². The molecule has 21 heavy (non-hydrogen) atoms. The lowest BCUT2D eigenvalue weighted by Crippen LogP contribution is -2.27. The molecule has 0 aliphatic heterocycles. The average Bonchev–Trinajstić information content (AvgIpc) is 2.48. The molecule has 1 fully saturated rings. The van der Waals surface area contributed by atoms with E-state index in [4.69, 9.17) is 0 Å². The van der Waals surface area contributed by atoms with Crippen molar-refractivity contribution in [1.82, 2.24) is 5.32 Å². The smallest absolute Gasteiger partial charge is 0.248 e. The Bertz CT molecular complexity index is 546. The largest absolute Gasteiger partial charge is 0.319 e. The number of carbonyl (C=O) groups is 3. The monoisotopic (exact) mass is 285 g/mol. The van der Waals surface area contributed by atoms with Gasteiger partial charge in [0.1, 0.15) is 0 Å². The van der Waals surface area contributed by atoms with Crippen LogP contribution in [0.2, 0.25) is 0 Å². The first-order valence-corrected chi connectivity index (χ1v) is 7.29. The lowest BCUT2D eigenvalue weighted by Gasteiger charge is -2.17. The number of ketones is 2. The molecule has 0 aromatic carbocycles. The van der Waals surface area contributed by atoms with Gasteiger partial charge < -0.3 is 5.32 Å². The highest BCUT2D eigenvalue weighted by atomic mass is 16.2. The van der Waals surface area contributed by atoms with Crippen LogP contribution in [-0.2, 0) is 14.4 Å². The van der Waals surface area contributed by atoms with Gasteiger partial charge in [0.15, 0.2) is 5.78 Å². The molecule has 0 heterocycles. The first-order valence-electron chi connectivity index (χ1n) is 7.29. The van der Waals surface area contributed by atoms with Gasteiger partial charge in [0.25, 0.3) is 0 Å². The molecule has 0 aromatic heterocycles. The summed E-state index contributed by atoms with van der Waals surface area (Å²) in [5.74, 6) is -0.469. The van der Waals surface area contributed by atoms with E-state index in [0.29, 0.717) is 5.92 Å². The topological polar surface area (TPSA) is 63.2 Å². The van der Waals surface area contributed by atoms with Crippen LogP contribution in [0.15, 0.2) is 48.2 Å². The molecular weight excluding hydrogens is 266 g/mol. The Balaban J connectivity index is 1.81. The standard InChI is InChI=1S/C17H19NO3/c19-14-10-11-16(20)15(12-14)18-17(21)9-5-4-8-13-6-2-1-3-7-13/h4-5,8-13H,1-3,6-7H2,(H,18,21)/b8-4+,9-5+. The van der Waals surface area contributed by atoms with E-state index in [1.54, 1.807) is 6.08 Å². The molecule has 0 spiro atoms. The summed E-state index contributed by atoms with van der Waals surface area (Å²) in [6.07, 6.45) is 16.8. The van der Waals surface area contributed by atoms with Gasteiger partial charge >= 0.3 is 0 Å². The van der Waals surface area contributed by atoms with E-state index in [0.717, 1.165) is 12.2 Å². The van der Waals surface area contributed by atoms with Crippen LogP contribution in [0.5, 0.6) is 0 Å². The maximum Gasteiger partial charge on any atom is 0.248 e. The van der Waals surface area contributed by atoms with Crippen LogP contribution in [0.25, 0.3) is 0 Å². The number of carbonyl (C=O) groups excluding carboxylic acids is 3. The Morgan fingerprint density at radius 1 is 1.10 bits per heavy atom. The Morgan fingerprint density at radius 2 is 1.86 bits per heavy atom. The maximum absolute atomic E-state index is 11.7. The van der Waals surface area contributed by atoms with Crippen molar-refractivity contribution in [2.45, 2.75) is 32.1 Å². The highest BCUT2D eigenvalue weighted by molar-refractivity contribution is 6.18. The molecule has 2 aliphatic rings. The molecule has 0 bridgehead atoms. The van der Waals surface area contributed by atoms with E-state index >= 15 is 0 Å². The Labute approximate surface area is 124 Å². The first kappa shape index (κ1) is 15.2. The molecule has 2 aliphatic carbocycles. The van der Waals surface area contributed by atoms with Gasteiger partial charge in [-0.05, 0) is 30.9 Å². The third-order valence-corrected chi connectivity index (χ3v) is 3.60. The molecule has 0 saturated heterocycles. The third kappa shape index (κ3) is 4.99. The lowest BCUT2D eigenvalue weighted by atomic mass is 9.89. The normalized spacial score (nSPS) is 20.3. The molecule has 1 amide bonds. The van der Waals surface area contributed by atoms with E-state index in [-0.39, 0.29) is 17.3 Å². The van der Waals surface area contributed by atoms with Gasteiger partial charge in [0.05, 0.1) is 5.70 Å². The van der Waals surface area contributed by atoms with Gasteiger partial charge in [0.2, 0.25) is 11.7 Å². The Hall–Kier alpha value is -2.23. The molecule has 1 N–H and O–H groups in total. The molecule has 0 unspecified atom stereocenters. The maximum atomic E-state index is 11.7. The number of allylic oxidation sites excluding steroid dienone is 6. The molecule has 2 rings (SSSR count). The summed E-state index contributed by atoms with van der Waals surface area (Å²) in [6.45, 7) is 0. The zero-order valence-electron chi connectivity index (χ0n) is 11.9. The molecule has 4 nitrogen and oxygen atoms in total. The van der Waals surface area contributed by atoms with E-state index in [1.165, 1.54) is 44.3 Å². The number of amides is 1. The first-order chi connectivity index (χ1) is 10.1. The lowest BCUT2D eigenvalue weighted by molar-refractivity contribution is -0.118.